The molecule has 0 aliphatic carbocycles. The van der Waals surface area contributed by atoms with Gasteiger partial charge in [0.1, 0.15) is 0 Å². The van der Waals surface area contributed by atoms with E-state index in [1.54, 1.807) is 12.4 Å². The van der Waals surface area contributed by atoms with E-state index in [0.717, 1.165) is 17.7 Å². The van der Waals surface area contributed by atoms with Crippen molar-refractivity contribution >= 4 is 0 Å². The van der Waals surface area contributed by atoms with Crippen LogP contribution in [0.2, 0.25) is 0 Å². The van der Waals surface area contributed by atoms with Gasteiger partial charge in [-0.2, -0.15) is 0 Å². The molecule has 0 amide bonds. The highest BCUT2D eigenvalue weighted by atomic mass is 16.5. The Balaban J connectivity index is 2.40. The van der Waals surface area contributed by atoms with Crippen LogP contribution in [0.3, 0.4) is 0 Å². The Morgan fingerprint density at radius 1 is 1.50 bits per heavy atom. The van der Waals surface area contributed by atoms with Gasteiger partial charge in [-0.3, -0.25) is 4.98 Å². The molecular formula is C10H15N3O. The normalized spacial score (nSPS) is 9.86. The number of aromatic nitrogens is 2. The number of hydrogen-bond acceptors (Lipinski definition) is 4. The molecule has 0 saturated carbocycles. The van der Waals surface area contributed by atoms with Crippen molar-refractivity contribution in [1.29, 1.82) is 0 Å². The van der Waals surface area contributed by atoms with Crippen LogP contribution in [-0.4, -0.2) is 16.6 Å². The van der Waals surface area contributed by atoms with Crippen LogP contribution < -0.4 is 10.5 Å². The molecule has 0 unspecified atom stereocenters. The fourth-order valence-electron chi connectivity index (χ4n) is 0.853. The van der Waals surface area contributed by atoms with E-state index in [2.05, 4.69) is 16.5 Å². The summed E-state index contributed by atoms with van der Waals surface area (Å²) in [7, 11) is 0. The summed E-state index contributed by atoms with van der Waals surface area (Å²) in [6.45, 7) is 6.74. The van der Waals surface area contributed by atoms with Crippen molar-refractivity contribution in [2.75, 3.05) is 6.61 Å². The molecular weight excluding hydrogens is 178 g/mol. The third kappa shape index (κ3) is 3.53. The van der Waals surface area contributed by atoms with Crippen LogP contribution in [0, 0.1) is 0 Å². The molecule has 0 aliphatic rings. The fourth-order valence-corrected chi connectivity index (χ4v) is 0.853. The van der Waals surface area contributed by atoms with Gasteiger partial charge in [-0.25, -0.2) is 4.98 Å². The van der Waals surface area contributed by atoms with Gasteiger partial charge in [0.15, 0.2) is 0 Å². The highest BCUT2D eigenvalue weighted by Crippen LogP contribution is 2.05. The average molecular weight is 193 g/mol. The van der Waals surface area contributed by atoms with Gasteiger partial charge >= 0.3 is 0 Å². The zero-order valence-electron chi connectivity index (χ0n) is 8.36. The minimum absolute atomic E-state index is 0.402. The summed E-state index contributed by atoms with van der Waals surface area (Å²) >= 11 is 0. The SMILES string of the molecule is C=C(C)CCOc1cnc(CN)cn1. The first-order valence-electron chi connectivity index (χ1n) is 4.50. The standard InChI is InChI=1S/C10H15N3O/c1-8(2)3-4-14-10-7-12-9(5-11)6-13-10/h6-7H,1,3-5,11H2,2H3. The second-order valence-electron chi connectivity index (χ2n) is 3.11. The predicted octanol–water partition coefficient (Wildman–Crippen LogP) is 1.28. The van der Waals surface area contributed by atoms with Crippen molar-refractivity contribution in [3.63, 3.8) is 0 Å². The van der Waals surface area contributed by atoms with Crippen molar-refractivity contribution in [1.82, 2.24) is 9.97 Å². The van der Waals surface area contributed by atoms with E-state index in [0.29, 0.717) is 19.0 Å². The zero-order valence-corrected chi connectivity index (χ0v) is 8.36. The molecule has 0 fully saturated rings. The van der Waals surface area contributed by atoms with Crippen LogP contribution >= 0.6 is 0 Å². The first-order chi connectivity index (χ1) is 6.72. The summed E-state index contributed by atoms with van der Waals surface area (Å²) in [4.78, 5) is 8.11. The zero-order chi connectivity index (χ0) is 10.4. The summed E-state index contributed by atoms with van der Waals surface area (Å²) in [5.74, 6) is 0.531. The van der Waals surface area contributed by atoms with Gasteiger partial charge in [-0.05, 0) is 6.92 Å². The molecule has 0 spiro atoms. The van der Waals surface area contributed by atoms with E-state index in [-0.39, 0.29) is 0 Å². The number of nitrogens with two attached hydrogens (primary N) is 1. The van der Waals surface area contributed by atoms with Crippen molar-refractivity contribution in [3.8, 4) is 5.88 Å². The Hall–Kier alpha value is -1.42. The van der Waals surface area contributed by atoms with Crippen LogP contribution in [0.15, 0.2) is 24.5 Å². The molecule has 0 aromatic carbocycles. The van der Waals surface area contributed by atoms with Gasteiger partial charge in [0.25, 0.3) is 0 Å². The number of rotatable bonds is 5. The molecule has 1 aromatic rings. The van der Waals surface area contributed by atoms with E-state index < -0.39 is 0 Å². The van der Waals surface area contributed by atoms with Crippen LogP contribution in [0.25, 0.3) is 0 Å². The molecule has 0 aliphatic heterocycles. The van der Waals surface area contributed by atoms with E-state index in [9.17, 15) is 0 Å². The first-order valence-corrected chi connectivity index (χ1v) is 4.50. The third-order valence-electron chi connectivity index (χ3n) is 1.67. The first kappa shape index (κ1) is 10.7. The number of hydrogen-bond donors (Lipinski definition) is 1. The van der Waals surface area contributed by atoms with Gasteiger partial charge in [-0.15, -0.1) is 6.58 Å². The summed E-state index contributed by atoms with van der Waals surface area (Å²) in [6, 6.07) is 0. The Bertz CT molecular complexity index is 295. The van der Waals surface area contributed by atoms with Gasteiger partial charge in [0.05, 0.1) is 24.7 Å². The maximum Gasteiger partial charge on any atom is 0.232 e. The largest absolute Gasteiger partial charge is 0.476 e. The lowest BCUT2D eigenvalue weighted by Crippen LogP contribution is -2.03. The van der Waals surface area contributed by atoms with Gasteiger partial charge < -0.3 is 10.5 Å². The average Bonchev–Trinajstić information content (AvgIpc) is 2.18. The number of ether oxygens (including phenoxy) is 1. The van der Waals surface area contributed by atoms with E-state index >= 15 is 0 Å². The van der Waals surface area contributed by atoms with Crippen LogP contribution in [-0.2, 0) is 6.54 Å². The highest BCUT2D eigenvalue weighted by Gasteiger charge is 1.96. The Kier molecular flexibility index (Phi) is 4.07. The van der Waals surface area contributed by atoms with Crippen molar-refractivity contribution in [3.05, 3.63) is 30.2 Å². The summed E-state index contributed by atoms with van der Waals surface area (Å²) in [5.41, 5.74) is 7.24. The van der Waals surface area contributed by atoms with Crippen molar-refractivity contribution in [2.24, 2.45) is 5.73 Å². The second-order valence-corrected chi connectivity index (χ2v) is 3.11. The van der Waals surface area contributed by atoms with E-state index in [4.69, 9.17) is 10.5 Å². The summed E-state index contributed by atoms with van der Waals surface area (Å²) in [5, 5.41) is 0. The fraction of sp³-hybridized carbons (Fsp3) is 0.400. The molecule has 0 saturated heterocycles. The monoisotopic (exact) mass is 193 g/mol. The smallest absolute Gasteiger partial charge is 0.232 e. The third-order valence-corrected chi connectivity index (χ3v) is 1.67. The lowest BCUT2D eigenvalue weighted by Gasteiger charge is -2.04. The van der Waals surface area contributed by atoms with Crippen LogP contribution in [0.1, 0.15) is 19.0 Å². The van der Waals surface area contributed by atoms with E-state index in [1.165, 1.54) is 0 Å². The molecule has 0 atom stereocenters. The van der Waals surface area contributed by atoms with Crippen molar-refractivity contribution < 1.29 is 4.74 Å². The van der Waals surface area contributed by atoms with Crippen LogP contribution in [0.4, 0.5) is 0 Å². The molecule has 14 heavy (non-hydrogen) atoms. The summed E-state index contributed by atoms with van der Waals surface area (Å²) in [6.07, 6.45) is 4.04. The van der Waals surface area contributed by atoms with Gasteiger partial charge in [0.2, 0.25) is 5.88 Å². The highest BCUT2D eigenvalue weighted by molar-refractivity contribution is 5.07. The minimum Gasteiger partial charge on any atom is -0.476 e. The predicted molar refractivity (Wildman–Crippen MR) is 54.8 cm³/mol. The molecule has 4 nitrogen and oxygen atoms in total. The van der Waals surface area contributed by atoms with Crippen LogP contribution in [0.5, 0.6) is 5.88 Å². The molecule has 1 aromatic heterocycles. The van der Waals surface area contributed by atoms with E-state index in [1.807, 2.05) is 6.92 Å². The molecule has 76 valence electrons. The van der Waals surface area contributed by atoms with Gasteiger partial charge in [-0.1, -0.05) is 5.57 Å². The Labute approximate surface area is 83.8 Å². The maximum atomic E-state index is 5.38. The molecule has 0 radical (unpaired) electrons. The second kappa shape index (κ2) is 5.34. The lowest BCUT2D eigenvalue weighted by molar-refractivity contribution is 0.307. The molecule has 1 heterocycles. The molecule has 4 heteroatoms. The topological polar surface area (TPSA) is 61.0 Å². The lowest BCUT2D eigenvalue weighted by atomic mass is 10.3. The number of nitrogens with zero attached hydrogens (tertiary/aromatic N) is 2. The van der Waals surface area contributed by atoms with Gasteiger partial charge in [0, 0.05) is 13.0 Å². The minimum atomic E-state index is 0.402. The Morgan fingerprint density at radius 2 is 2.29 bits per heavy atom. The molecule has 1 rings (SSSR count). The van der Waals surface area contributed by atoms with Crippen molar-refractivity contribution in [2.45, 2.75) is 19.9 Å². The maximum absolute atomic E-state index is 5.38. The molecule has 0 bridgehead atoms. The molecule has 2 N–H and O–H groups in total. The summed E-state index contributed by atoms with van der Waals surface area (Å²) < 4.78 is 5.34. The Morgan fingerprint density at radius 3 is 2.79 bits per heavy atom. The quantitative estimate of drug-likeness (QED) is 0.715.